The van der Waals surface area contributed by atoms with Crippen molar-refractivity contribution in [3.8, 4) is 0 Å². The van der Waals surface area contributed by atoms with Crippen LogP contribution in [-0.2, 0) is 0 Å². The van der Waals surface area contributed by atoms with Crippen molar-refractivity contribution in [1.29, 1.82) is 0 Å². The lowest BCUT2D eigenvalue weighted by molar-refractivity contribution is 0.159. The SMILES string of the molecule is CC(C)c1ccc(C2C[C@@H]3C[C@H]2CN3C(C)C)cc1. The second-order valence-corrected chi connectivity index (χ2v) is 7.10. The summed E-state index contributed by atoms with van der Waals surface area (Å²) in [6, 6.07) is 11.0. The third-order valence-corrected chi connectivity index (χ3v) is 5.28. The van der Waals surface area contributed by atoms with Gasteiger partial charge in [0, 0.05) is 18.6 Å². The summed E-state index contributed by atoms with van der Waals surface area (Å²) >= 11 is 0. The summed E-state index contributed by atoms with van der Waals surface area (Å²) in [4.78, 5) is 2.71. The van der Waals surface area contributed by atoms with Gasteiger partial charge in [-0.2, -0.15) is 0 Å². The fraction of sp³-hybridized carbons (Fsp3) is 0.667. The Bertz CT molecular complexity index is 432. The average molecular weight is 257 g/mol. The van der Waals surface area contributed by atoms with Crippen LogP contribution in [0.1, 0.15) is 63.5 Å². The zero-order valence-corrected chi connectivity index (χ0v) is 12.8. The standard InChI is InChI=1S/C18H27N/c1-12(2)14-5-7-15(8-6-14)18-10-17-9-16(18)11-19(17)13(3)4/h5-8,12-13,16-18H,9-11H2,1-4H3/t16-,17-,18?/m0/s1. The second kappa shape index (κ2) is 4.94. The molecule has 1 saturated heterocycles. The first-order chi connectivity index (χ1) is 9.06. The van der Waals surface area contributed by atoms with Crippen LogP contribution in [0.2, 0.25) is 0 Å². The zero-order valence-electron chi connectivity index (χ0n) is 12.8. The number of rotatable bonds is 3. The lowest BCUT2D eigenvalue weighted by Crippen LogP contribution is -2.39. The molecular weight excluding hydrogens is 230 g/mol. The number of hydrogen-bond acceptors (Lipinski definition) is 1. The Hall–Kier alpha value is -0.820. The van der Waals surface area contributed by atoms with Crippen molar-refractivity contribution in [1.82, 2.24) is 4.90 Å². The minimum Gasteiger partial charge on any atom is -0.298 e. The maximum Gasteiger partial charge on any atom is 0.0107 e. The van der Waals surface area contributed by atoms with Gasteiger partial charge in [-0.3, -0.25) is 4.90 Å². The van der Waals surface area contributed by atoms with E-state index in [2.05, 4.69) is 56.9 Å². The number of fused-ring (bicyclic) bond motifs is 2. The van der Waals surface area contributed by atoms with Crippen LogP contribution < -0.4 is 0 Å². The van der Waals surface area contributed by atoms with E-state index in [0.717, 1.165) is 23.9 Å². The van der Waals surface area contributed by atoms with Gasteiger partial charge >= 0.3 is 0 Å². The highest BCUT2D eigenvalue weighted by Gasteiger charge is 2.45. The lowest BCUT2D eigenvalue weighted by Gasteiger charge is -2.34. The van der Waals surface area contributed by atoms with Crippen LogP contribution in [0.5, 0.6) is 0 Å². The van der Waals surface area contributed by atoms with Gasteiger partial charge < -0.3 is 0 Å². The van der Waals surface area contributed by atoms with Gasteiger partial charge in [-0.1, -0.05) is 38.1 Å². The first-order valence-corrected chi connectivity index (χ1v) is 7.92. The smallest absolute Gasteiger partial charge is 0.0107 e. The van der Waals surface area contributed by atoms with Crippen LogP contribution >= 0.6 is 0 Å². The summed E-state index contributed by atoms with van der Waals surface area (Å²) in [6.45, 7) is 10.5. The van der Waals surface area contributed by atoms with Crippen molar-refractivity contribution in [2.24, 2.45) is 5.92 Å². The summed E-state index contributed by atoms with van der Waals surface area (Å²) in [7, 11) is 0. The van der Waals surface area contributed by atoms with E-state index in [1.165, 1.54) is 24.9 Å². The Morgan fingerprint density at radius 3 is 2.16 bits per heavy atom. The predicted molar refractivity (Wildman–Crippen MR) is 81.6 cm³/mol. The Morgan fingerprint density at radius 2 is 1.68 bits per heavy atom. The van der Waals surface area contributed by atoms with E-state index < -0.39 is 0 Å². The van der Waals surface area contributed by atoms with E-state index in [-0.39, 0.29) is 0 Å². The van der Waals surface area contributed by atoms with E-state index in [1.807, 2.05) is 0 Å². The number of piperidine rings is 1. The molecule has 0 N–H and O–H groups in total. The van der Waals surface area contributed by atoms with Gasteiger partial charge in [-0.15, -0.1) is 0 Å². The highest BCUT2D eigenvalue weighted by atomic mass is 15.2. The van der Waals surface area contributed by atoms with Crippen molar-refractivity contribution >= 4 is 0 Å². The van der Waals surface area contributed by atoms with Crippen LogP contribution in [0.25, 0.3) is 0 Å². The molecule has 1 nitrogen and oxygen atoms in total. The molecular formula is C18H27N. The zero-order chi connectivity index (χ0) is 13.6. The topological polar surface area (TPSA) is 3.24 Å². The average Bonchev–Trinajstić information content (AvgIpc) is 2.98. The number of nitrogens with zero attached hydrogens (tertiary/aromatic N) is 1. The number of hydrogen-bond donors (Lipinski definition) is 0. The summed E-state index contributed by atoms with van der Waals surface area (Å²) in [5, 5.41) is 0. The normalized spacial score (nSPS) is 30.7. The molecule has 1 aliphatic carbocycles. The van der Waals surface area contributed by atoms with Gasteiger partial charge in [0.1, 0.15) is 0 Å². The van der Waals surface area contributed by atoms with Crippen LogP contribution in [0, 0.1) is 5.92 Å². The van der Waals surface area contributed by atoms with Gasteiger partial charge in [-0.25, -0.2) is 0 Å². The molecule has 3 rings (SSSR count). The first-order valence-electron chi connectivity index (χ1n) is 7.92. The van der Waals surface area contributed by atoms with E-state index in [9.17, 15) is 0 Å². The summed E-state index contributed by atoms with van der Waals surface area (Å²) in [5.74, 6) is 2.36. The molecule has 0 amide bonds. The summed E-state index contributed by atoms with van der Waals surface area (Å²) < 4.78 is 0. The Kier molecular flexibility index (Phi) is 3.42. The molecule has 19 heavy (non-hydrogen) atoms. The van der Waals surface area contributed by atoms with Crippen molar-refractivity contribution in [2.75, 3.05) is 6.54 Å². The molecule has 1 aromatic rings. The first kappa shape index (κ1) is 13.2. The van der Waals surface area contributed by atoms with Crippen LogP contribution in [0.4, 0.5) is 0 Å². The van der Waals surface area contributed by atoms with Gasteiger partial charge in [0.05, 0.1) is 0 Å². The van der Waals surface area contributed by atoms with Crippen molar-refractivity contribution < 1.29 is 0 Å². The van der Waals surface area contributed by atoms with Crippen molar-refractivity contribution in [3.05, 3.63) is 35.4 Å². The fourth-order valence-corrected chi connectivity index (χ4v) is 4.16. The second-order valence-electron chi connectivity index (χ2n) is 7.10. The molecule has 2 aliphatic rings. The van der Waals surface area contributed by atoms with E-state index in [1.54, 1.807) is 5.56 Å². The van der Waals surface area contributed by atoms with Gasteiger partial charge in [0.2, 0.25) is 0 Å². The molecule has 0 aromatic heterocycles. The van der Waals surface area contributed by atoms with E-state index in [0.29, 0.717) is 5.92 Å². The minimum absolute atomic E-state index is 0.644. The molecule has 1 unspecified atom stereocenters. The monoisotopic (exact) mass is 257 g/mol. The maximum absolute atomic E-state index is 2.71. The third-order valence-electron chi connectivity index (χ3n) is 5.28. The molecule has 1 heterocycles. The largest absolute Gasteiger partial charge is 0.298 e. The summed E-state index contributed by atoms with van der Waals surface area (Å²) in [5.41, 5.74) is 3.05. The number of likely N-dealkylation sites (tertiary alicyclic amines) is 1. The molecule has 0 spiro atoms. The van der Waals surface area contributed by atoms with Crippen molar-refractivity contribution in [3.63, 3.8) is 0 Å². The molecule has 0 radical (unpaired) electrons. The van der Waals surface area contributed by atoms with Crippen LogP contribution in [-0.4, -0.2) is 23.5 Å². The maximum atomic E-state index is 2.71. The molecule has 1 heteroatoms. The number of benzene rings is 1. The fourth-order valence-electron chi connectivity index (χ4n) is 4.16. The molecule has 1 aliphatic heterocycles. The molecule has 2 bridgehead atoms. The summed E-state index contributed by atoms with van der Waals surface area (Å²) in [6.07, 6.45) is 2.80. The van der Waals surface area contributed by atoms with Gasteiger partial charge in [0.15, 0.2) is 0 Å². The van der Waals surface area contributed by atoms with Crippen LogP contribution in [0.15, 0.2) is 24.3 Å². The van der Waals surface area contributed by atoms with E-state index in [4.69, 9.17) is 0 Å². The molecule has 3 atom stereocenters. The Labute approximate surface area is 118 Å². The predicted octanol–water partition coefficient (Wildman–Crippen LogP) is 4.40. The molecule has 2 fully saturated rings. The Morgan fingerprint density at radius 1 is 1.00 bits per heavy atom. The highest BCUT2D eigenvalue weighted by Crippen LogP contribution is 2.48. The Balaban J connectivity index is 1.72. The molecule has 1 aromatic carbocycles. The highest BCUT2D eigenvalue weighted by molar-refractivity contribution is 5.29. The van der Waals surface area contributed by atoms with E-state index >= 15 is 0 Å². The lowest BCUT2D eigenvalue weighted by atomic mass is 9.86. The molecule has 1 saturated carbocycles. The van der Waals surface area contributed by atoms with Crippen LogP contribution in [0.3, 0.4) is 0 Å². The minimum atomic E-state index is 0.644. The third kappa shape index (κ3) is 2.33. The quantitative estimate of drug-likeness (QED) is 0.776. The van der Waals surface area contributed by atoms with Gasteiger partial charge in [0.25, 0.3) is 0 Å². The molecule has 104 valence electrons. The van der Waals surface area contributed by atoms with Crippen molar-refractivity contribution in [2.45, 2.75) is 64.5 Å². The van der Waals surface area contributed by atoms with Gasteiger partial charge in [-0.05, 0) is 55.6 Å².